The highest BCUT2D eigenvalue weighted by molar-refractivity contribution is 7.09. The highest BCUT2D eigenvalue weighted by Crippen LogP contribution is 2.24. The number of halogens is 1. The topological polar surface area (TPSA) is 24.9 Å². The minimum atomic E-state index is 0.122. The van der Waals surface area contributed by atoms with Gasteiger partial charge in [-0.05, 0) is 24.6 Å². The molecule has 1 aromatic carbocycles. The van der Waals surface area contributed by atoms with Gasteiger partial charge in [-0.25, -0.2) is 4.98 Å². The van der Waals surface area contributed by atoms with Gasteiger partial charge in [0.1, 0.15) is 5.01 Å². The Hall–Kier alpha value is -0.900. The summed E-state index contributed by atoms with van der Waals surface area (Å²) in [5.41, 5.74) is 2.52. The molecule has 2 rings (SSSR count). The van der Waals surface area contributed by atoms with E-state index in [-0.39, 0.29) is 11.5 Å². The lowest BCUT2D eigenvalue weighted by molar-refractivity contribution is 0.554. The smallest absolute Gasteiger partial charge is 0.107 e. The molecule has 0 saturated carbocycles. The van der Waals surface area contributed by atoms with Gasteiger partial charge in [0, 0.05) is 28.4 Å². The highest BCUT2D eigenvalue weighted by Gasteiger charge is 2.17. The van der Waals surface area contributed by atoms with Gasteiger partial charge in [-0.2, -0.15) is 0 Å². The van der Waals surface area contributed by atoms with Crippen LogP contribution in [-0.4, -0.2) is 4.98 Å². The van der Waals surface area contributed by atoms with E-state index in [1.54, 1.807) is 11.3 Å². The van der Waals surface area contributed by atoms with E-state index in [2.05, 4.69) is 50.5 Å². The van der Waals surface area contributed by atoms with E-state index in [1.165, 1.54) is 11.3 Å². The van der Waals surface area contributed by atoms with Crippen LogP contribution in [0.1, 0.15) is 50.0 Å². The van der Waals surface area contributed by atoms with Crippen molar-refractivity contribution in [2.75, 3.05) is 0 Å². The third-order valence-corrected chi connectivity index (χ3v) is 4.35. The molecule has 0 aliphatic heterocycles. The maximum atomic E-state index is 5.91. The Morgan fingerprint density at radius 3 is 2.45 bits per heavy atom. The lowest BCUT2D eigenvalue weighted by Crippen LogP contribution is -2.18. The molecule has 108 valence electrons. The molecule has 0 radical (unpaired) electrons. The molecular weight excluding hydrogens is 288 g/mol. The van der Waals surface area contributed by atoms with Crippen LogP contribution in [0.25, 0.3) is 0 Å². The van der Waals surface area contributed by atoms with Crippen LogP contribution < -0.4 is 5.32 Å². The molecule has 2 nitrogen and oxygen atoms in total. The molecule has 1 atom stereocenters. The predicted octanol–water partition coefficient (Wildman–Crippen LogP) is 4.94. The fourth-order valence-electron chi connectivity index (χ4n) is 1.85. The molecular formula is C16H21ClN2S. The van der Waals surface area contributed by atoms with Crippen molar-refractivity contribution in [2.45, 2.75) is 45.7 Å². The van der Waals surface area contributed by atoms with Gasteiger partial charge in [0.25, 0.3) is 0 Å². The van der Waals surface area contributed by atoms with Crippen molar-refractivity contribution < 1.29 is 0 Å². The van der Waals surface area contributed by atoms with Crippen molar-refractivity contribution in [1.82, 2.24) is 10.3 Å². The minimum absolute atomic E-state index is 0.122. The first kappa shape index (κ1) is 15.5. The first-order valence-electron chi connectivity index (χ1n) is 6.80. The summed E-state index contributed by atoms with van der Waals surface area (Å²) in [5, 5.41) is 7.57. The van der Waals surface area contributed by atoms with E-state index in [0.717, 1.165) is 16.6 Å². The molecule has 4 heteroatoms. The standard InChI is InChI=1S/C16H21ClN2S/c1-11(12-5-7-13(17)8-6-12)18-9-15-19-14(10-20-15)16(2,3)4/h5-8,10-11,18H,9H2,1-4H3/t11-/m1/s1. The molecule has 0 spiro atoms. The van der Waals surface area contributed by atoms with Crippen LogP contribution in [-0.2, 0) is 12.0 Å². The summed E-state index contributed by atoms with van der Waals surface area (Å²) < 4.78 is 0. The summed E-state index contributed by atoms with van der Waals surface area (Å²) in [6.07, 6.45) is 0. The number of rotatable bonds is 4. The second-order valence-electron chi connectivity index (χ2n) is 6.03. The summed E-state index contributed by atoms with van der Waals surface area (Å²) in [4.78, 5) is 4.70. The Bertz CT molecular complexity index is 555. The first-order valence-corrected chi connectivity index (χ1v) is 8.06. The maximum absolute atomic E-state index is 5.91. The average molecular weight is 309 g/mol. The van der Waals surface area contributed by atoms with Crippen molar-refractivity contribution >= 4 is 22.9 Å². The highest BCUT2D eigenvalue weighted by atomic mass is 35.5. The number of hydrogen-bond acceptors (Lipinski definition) is 3. The van der Waals surface area contributed by atoms with Crippen molar-refractivity contribution in [3.63, 3.8) is 0 Å². The molecule has 1 heterocycles. The normalized spacial score (nSPS) is 13.4. The zero-order valence-corrected chi connectivity index (χ0v) is 14.0. The summed E-state index contributed by atoms with van der Waals surface area (Å²) in [5.74, 6) is 0. The molecule has 0 unspecified atom stereocenters. The van der Waals surface area contributed by atoms with Gasteiger partial charge in [0.05, 0.1) is 5.69 Å². The Morgan fingerprint density at radius 2 is 1.90 bits per heavy atom. The third kappa shape index (κ3) is 4.05. The molecule has 20 heavy (non-hydrogen) atoms. The molecule has 1 aromatic heterocycles. The van der Waals surface area contributed by atoms with E-state index in [4.69, 9.17) is 16.6 Å². The quantitative estimate of drug-likeness (QED) is 0.865. The number of nitrogens with zero attached hydrogens (tertiary/aromatic N) is 1. The second-order valence-corrected chi connectivity index (χ2v) is 7.41. The van der Waals surface area contributed by atoms with Crippen molar-refractivity contribution in [3.8, 4) is 0 Å². The lowest BCUT2D eigenvalue weighted by atomic mass is 9.93. The molecule has 2 aromatic rings. The van der Waals surface area contributed by atoms with E-state index in [0.29, 0.717) is 0 Å². The number of benzene rings is 1. The summed E-state index contributed by atoms with van der Waals surface area (Å²) in [7, 11) is 0. The number of nitrogens with one attached hydrogen (secondary N) is 1. The van der Waals surface area contributed by atoms with Crippen LogP contribution in [0.15, 0.2) is 29.6 Å². The minimum Gasteiger partial charge on any atom is -0.304 e. The molecule has 0 fully saturated rings. The van der Waals surface area contributed by atoms with E-state index < -0.39 is 0 Å². The van der Waals surface area contributed by atoms with Gasteiger partial charge >= 0.3 is 0 Å². The van der Waals surface area contributed by atoms with E-state index in [9.17, 15) is 0 Å². The van der Waals surface area contributed by atoms with Crippen LogP contribution in [0.5, 0.6) is 0 Å². The van der Waals surface area contributed by atoms with Crippen molar-refractivity contribution in [2.24, 2.45) is 0 Å². The van der Waals surface area contributed by atoms with Gasteiger partial charge in [0.15, 0.2) is 0 Å². The fourth-order valence-corrected chi connectivity index (χ4v) is 2.94. The van der Waals surface area contributed by atoms with Gasteiger partial charge in [0.2, 0.25) is 0 Å². The number of aromatic nitrogens is 1. The monoisotopic (exact) mass is 308 g/mol. The Labute approximate surface area is 130 Å². The summed E-state index contributed by atoms with van der Waals surface area (Å²) in [6, 6.07) is 8.26. The van der Waals surface area contributed by atoms with Crippen LogP contribution in [0, 0.1) is 0 Å². The number of hydrogen-bond donors (Lipinski definition) is 1. The lowest BCUT2D eigenvalue weighted by Gasteiger charge is -2.15. The molecule has 0 amide bonds. The van der Waals surface area contributed by atoms with Crippen molar-refractivity contribution in [1.29, 1.82) is 0 Å². The fraction of sp³-hybridized carbons (Fsp3) is 0.438. The third-order valence-electron chi connectivity index (χ3n) is 3.25. The van der Waals surface area contributed by atoms with E-state index >= 15 is 0 Å². The summed E-state index contributed by atoms with van der Waals surface area (Å²) >= 11 is 7.63. The zero-order chi connectivity index (χ0) is 14.8. The van der Waals surface area contributed by atoms with Crippen LogP contribution >= 0.6 is 22.9 Å². The molecule has 0 bridgehead atoms. The average Bonchev–Trinajstić information content (AvgIpc) is 2.85. The van der Waals surface area contributed by atoms with E-state index in [1.807, 2.05) is 12.1 Å². The number of thiazole rings is 1. The largest absolute Gasteiger partial charge is 0.304 e. The SMILES string of the molecule is C[C@@H](NCc1nc(C(C)(C)C)cs1)c1ccc(Cl)cc1. The van der Waals surface area contributed by atoms with Gasteiger partial charge in [-0.1, -0.05) is 44.5 Å². The Balaban J connectivity index is 1.95. The Kier molecular flexibility index (Phi) is 4.84. The maximum Gasteiger partial charge on any atom is 0.107 e. The van der Waals surface area contributed by atoms with Crippen LogP contribution in [0.2, 0.25) is 5.02 Å². The summed E-state index contributed by atoms with van der Waals surface area (Å²) in [6.45, 7) is 9.52. The predicted molar refractivity (Wildman–Crippen MR) is 87.5 cm³/mol. The van der Waals surface area contributed by atoms with Gasteiger partial charge in [-0.15, -0.1) is 11.3 Å². The second kappa shape index (κ2) is 6.25. The molecule has 0 aliphatic rings. The van der Waals surface area contributed by atoms with Crippen LogP contribution in [0.4, 0.5) is 0 Å². The Morgan fingerprint density at radius 1 is 1.25 bits per heavy atom. The van der Waals surface area contributed by atoms with Crippen molar-refractivity contribution in [3.05, 3.63) is 50.9 Å². The molecule has 0 aliphatic carbocycles. The van der Waals surface area contributed by atoms with Crippen LogP contribution in [0.3, 0.4) is 0 Å². The zero-order valence-electron chi connectivity index (χ0n) is 12.4. The molecule has 0 saturated heterocycles. The first-order chi connectivity index (χ1) is 9.36. The van der Waals surface area contributed by atoms with Gasteiger partial charge < -0.3 is 5.32 Å². The van der Waals surface area contributed by atoms with Gasteiger partial charge in [-0.3, -0.25) is 0 Å². The molecule has 1 N–H and O–H groups in total.